The van der Waals surface area contributed by atoms with E-state index in [0.29, 0.717) is 11.3 Å². The fourth-order valence-electron chi connectivity index (χ4n) is 1.46. The Bertz CT molecular complexity index is 495. The summed E-state index contributed by atoms with van der Waals surface area (Å²) >= 11 is 2.18. The van der Waals surface area contributed by atoms with Crippen LogP contribution in [0.5, 0.6) is 0 Å². The van der Waals surface area contributed by atoms with Gasteiger partial charge in [-0.3, -0.25) is 3.97 Å². The number of nitrogens with zero attached hydrogens (tertiary/aromatic N) is 2. The highest BCUT2D eigenvalue weighted by atomic mass is 127. The predicted molar refractivity (Wildman–Crippen MR) is 66.2 cm³/mol. The maximum atomic E-state index is 13.5. The van der Waals surface area contributed by atoms with Gasteiger partial charge in [-0.2, -0.15) is 0 Å². The van der Waals surface area contributed by atoms with E-state index in [4.69, 9.17) is 0 Å². The summed E-state index contributed by atoms with van der Waals surface area (Å²) in [6.07, 6.45) is 1.90. The molecule has 0 amide bonds. The number of aromatic nitrogens is 2. The molecule has 2 aromatic rings. The number of hydrogen-bond donors (Lipinski definition) is 0. The van der Waals surface area contributed by atoms with E-state index in [9.17, 15) is 4.39 Å². The van der Waals surface area contributed by atoms with Crippen molar-refractivity contribution in [3.63, 3.8) is 0 Å². The first kappa shape index (κ1) is 10.2. The van der Waals surface area contributed by atoms with Crippen molar-refractivity contribution in [2.75, 3.05) is 0 Å². The molecule has 2 nitrogen and oxygen atoms in total. The van der Waals surface area contributed by atoms with E-state index in [0.717, 1.165) is 11.0 Å². The lowest BCUT2D eigenvalue weighted by Crippen LogP contribution is -1.95. The predicted octanol–water partition coefficient (Wildman–Crippen LogP) is 3.64. The SMILES string of the molecule is Cc1nc2c(ccn2SI)c(C)c1F. The van der Waals surface area contributed by atoms with E-state index in [2.05, 4.69) is 26.2 Å². The number of fused-ring (bicyclic) bond motifs is 1. The standard InChI is InChI=1S/C9H8FIN2S/c1-5-7-3-4-13(14-11)9(7)12-6(2)8(5)10/h3-4H,1-2H3. The minimum Gasteiger partial charge on any atom is -0.266 e. The summed E-state index contributed by atoms with van der Waals surface area (Å²) in [5.74, 6) is -0.200. The van der Waals surface area contributed by atoms with Gasteiger partial charge in [0.25, 0.3) is 0 Å². The van der Waals surface area contributed by atoms with Gasteiger partial charge in [0.2, 0.25) is 0 Å². The van der Waals surface area contributed by atoms with Crippen molar-refractivity contribution >= 4 is 41.4 Å². The van der Waals surface area contributed by atoms with Crippen molar-refractivity contribution in [3.8, 4) is 0 Å². The average Bonchev–Trinajstić information content (AvgIpc) is 2.57. The quantitative estimate of drug-likeness (QED) is 0.746. The van der Waals surface area contributed by atoms with Crippen LogP contribution in [0.15, 0.2) is 12.3 Å². The molecule has 5 heteroatoms. The van der Waals surface area contributed by atoms with Crippen molar-refractivity contribution in [1.82, 2.24) is 8.96 Å². The molecule has 0 aliphatic heterocycles. The van der Waals surface area contributed by atoms with Crippen LogP contribution in [0.2, 0.25) is 0 Å². The van der Waals surface area contributed by atoms with Crippen LogP contribution in [0.25, 0.3) is 11.0 Å². The monoisotopic (exact) mass is 322 g/mol. The fourth-order valence-corrected chi connectivity index (χ4v) is 2.73. The molecule has 0 aliphatic carbocycles. The molecular formula is C9H8FIN2S. The van der Waals surface area contributed by atoms with E-state index in [-0.39, 0.29) is 5.82 Å². The van der Waals surface area contributed by atoms with E-state index in [1.807, 2.05) is 16.2 Å². The summed E-state index contributed by atoms with van der Waals surface area (Å²) < 4.78 is 15.4. The van der Waals surface area contributed by atoms with Gasteiger partial charge in [-0.15, -0.1) is 0 Å². The van der Waals surface area contributed by atoms with Gasteiger partial charge in [0.05, 0.1) is 5.69 Å². The number of halogens is 2. The van der Waals surface area contributed by atoms with Crippen molar-refractivity contribution in [2.45, 2.75) is 13.8 Å². The minimum absolute atomic E-state index is 0.200. The molecule has 0 atom stereocenters. The Kier molecular flexibility index (Phi) is 2.70. The molecule has 0 fully saturated rings. The lowest BCUT2D eigenvalue weighted by Gasteiger charge is -2.03. The zero-order valence-electron chi connectivity index (χ0n) is 7.71. The molecule has 2 rings (SSSR count). The number of aryl methyl sites for hydroxylation is 2. The van der Waals surface area contributed by atoms with Crippen molar-refractivity contribution in [3.05, 3.63) is 29.3 Å². The first-order valence-corrected chi connectivity index (χ1v) is 7.39. The topological polar surface area (TPSA) is 17.8 Å². The van der Waals surface area contributed by atoms with Crippen LogP contribution in [0.1, 0.15) is 11.3 Å². The van der Waals surface area contributed by atoms with E-state index in [1.165, 1.54) is 9.12 Å². The molecule has 0 bridgehead atoms. The first-order chi connectivity index (χ1) is 6.65. The molecule has 74 valence electrons. The summed E-state index contributed by atoms with van der Waals surface area (Å²) in [6.45, 7) is 3.48. The fraction of sp³-hybridized carbons (Fsp3) is 0.222. The van der Waals surface area contributed by atoms with E-state index >= 15 is 0 Å². The van der Waals surface area contributed by atoms with Gasteiger partial charge in [-0.1, -0.05) is 0 Å². The Morgan fingerprint density at radius 2 is 2.21 bits per heavy atom. The van der Waals surface area contributed by atoms with Crippen LogP contribution in [-0.2, 0) is 0 Å². The Labute approximate surface area is 97.6 Å². The highest BCUT2D eigenvalue weighted by Crippen LogP contribution is 2.27. The second kappa shape index (κ2) is 3.69. The van der Waals surface area contributed by atoms with E-state index in [1.54, 1.807) is 13.8 Å². The zero-order valence-corrected chi connectivity index (χ0v) is 10.7. The number of hydrogen-bond acceptors (Lipinski definition) is 2. The molecule has 14 heavy (non-hydrogen) atoms. The Balaban J connectivity index is 2.86. The molecule has 0 saturated heterocycles. The van der Waals surface area contributed by atoms with Gasteiger partial charge in [-0.25, -0.2) is 9.37 Å². The van der Waals surface area contributed by atoms with Crippen LogP contribution in [0, 0.1) is 19.7 Å². The Hall–Kier alpha value is -0.300. The second-order valence-electron chi connectivity index (χ2n) is 3.08. The van der Waals surface area contributed by atoms with Crippen molar-refractivity contribution < 1.29 is 4.39 Å². The summed E-state index contributed by atoms with van der Waals surface area (Å²) in [4.78, 5) is 4.23. The molecular weight excluding hydrogens is 314 g/mol. The Morgan fingerprint density at radius 3 is 2.86 bits per heavy atom. The van der Waals surface area contributed by atoms with Crippen LogP contribution >= 0.6 is 30.3 Å². The summed E-state index contributed by atoms with van der Waals surface area (Å²) in [5.41, 5.74) is 1.97. The minimum atomic E-state index is -0.200. The van der Waals surface area contributed by atoms with Crippen molar-refractivity contribution in [2.24, 2.45) is 0 Å². The molecule has 0 unspecified atom stereocenters. The maximum absolute atomic E-state index is 13.5. The average molecular weight is 322 g/mol. The Morgan fingerprint density at radius 1 is 1.50 bits per heavy atom. The molecule has 0 radical (unpaired) electrons. The highest BCUT2D eigenvalue weighted by molar-refractivity contribution is 14.2. The van der Waals surface area contributed by atoms with Gasteiger partial charge < -0.3 is 0 Å². The van der Waals surface area contributed by atoms with Crippen LogP contribution < -0.4 is 0 Å². The second-order valence-corrected chi connectivity index (χ2v) is 4.80. The summed E-state index contributed by atoms with van der Waals surface area (Å²) in [6, 6.07) is 1.89. The lowest BCUT2D eigenvalue weighted by atomic mass is 10.2. The molecule has 2 heterocycles. The van der Waals surface area contributed by atoms with Crippen molar-refractivity contribution in [1.29, 1.82) is 0 Å². The third-order valence-corrected chi connectivity index (χ3v) is 3.94. The molecule has 0 saturated carbocycles. The summed E-state index contributed by atoms with van der Waals surface area (Å²) in [7, 11) is 1.53. The van der Waals surface area contributed by atoms with Gasteiger partial charge in [0.1, 0.15) is 5.82 Å². The highest BCUT2D eigenvalue weighted by Gasteiger charge is 2.11. The van der Waals surface area contributed by atoms with Gasteiger partial charge >= 0.3 is 0 Å². The van der Waals surface area contributed by atoms with E-state index < -0.39 is 0 Å². The molecule has 0 spiro atoms. The molecule has 0 aliphatic rings. The van der Waals surface area contributed by atoms with Gasteiger partial charge in [-0.05, 0) is 25.5 Å². The number of rotatable bonds is 1. The molecule has 0 aromatic carbocycles. The normalized spacial score (nSPS) is 11.1. The lowest BCUT2D eigenvalue weighted by molar-refractivity contribution is 0.604. The third kappa shape index (κ3) is 1.42. The largest absolute Gasteiger partial charge is 0.266 e. The van der Waals surface area contributed by atoms with Crippen LogP contribution in [0.4, 0.5) is 4.39 Å². The first-order valence-electron chi connectivity index (χ1n) is 4.08. The van der Waals surface area contributed by atoms with Gasteiger partial charge in [0.15, 0.2) is 5.65 Å². The smallest absolute Gasteiger partial charge is 0.151 e. The maximum Gasteiger partial charge on any atom is 0.151 e. The zero-order chi connectivity index (χ0) is 10.3. The van der Waals surface area contributed by atoms with Crippen LogP contribution in [0.3, 0.4) is 0 Å². The number of pyridine rings is 1. The summed E-state index contributed by atoms with van der Waals surface area (Å²) in [5, 5.41) is 0.886. The van der Waals surface area contributed by atoms with Crippen LogP contribution in [-0.4, -0.2) is 8.96 Å². The third-order valence-electron chi connectivity index (χ3n) is 2.23. The molecule has 0 N–H and O–H groups in total. The molecule has 2 aromatic heterocycles. The van der Waals surface area contributed by atoms with Gasteiger partial charge in [0, 0.05) is 41.9 Å².